The van der Waals surface area contributed by atoms with Gasteiger partial charge in [0, 0.05) is 18.8 Å². The standard InChI is InChI=1S/C15H21N3O3/c1-2-11-4-3-5-12(8-11)18-14(19)10-17-15(20)13-9-16-6-7-21-13/h3-5,8,13,16H,2,6-7,9-10H2,1H3,(H,17,20)(H,18,19). The molecule has 21 heavy (non-hydrogen) atoms. The first kappa shape index (κ1) is 15.5. The number of hydrogen-bond donors (Lipinski definition) is 3. The Balaban J connectivity index is 1.77. The number of carbonyl (C=O) groups is 2. The highest BCUT2D eigenvalue weighted by molar-refractivity contribution is 5.95. The Bertz CT molecular complexity index is 499. The summed E-state index contributed by atoms with van der Waals surface area (Å²) < 4.78 is 5.31. The lowest BCUT2D eigenvalue weighted by atomic mass is 10.1. The van der Waals surface area contributed by atoms with E-state index in [9.17, 15) is 9.59 Å². The third-order valence-electron chi connectivity index (χ3n) is 3.26. The summed E-state index contributed by atoms with van der Waals surface area (Å²) >= 11 is 0. The van der Waals surface area contributed by atoms with Crippen molar-refractivity contribution in [3.05, 3.63) is 29.8 Å². The Morgan fingerprint density at radius 3 is 3.00 bits per heavy atom. The molecule has 1 aromatic rings. The van der Waals surface area contributed by atoms with Gasteiger partial charge in [0.2, 0.25) is 5.91 Å². The van der Waals surface area contributed by atoms with E-state index >= 15 is 0 Å². The number of aryl methyl sites for hydroxylation is 1. The van der Waals surface area contributed by atoms with Crippen LogP contribution in [-0.2, 0) is 20.7 Å². The third-order valence-corrected chi connectivity index (χ3v) is 3.26. The van der Waals surface area contributed by atoms with E-state index < -0.39 is 6.10 Å². The number of morpholine rings is 1. The van der Waals surface area contributed by atoms with Crippen molar-refractivity contribution < 1.29 is 14.3 Å². The topological polar surface area (TPSA) is 79.5 Å². The zero-order chi connectivity index (χ0) is 15.1. The predicted molar refractivity (Wildman–Crippen MR) is 80.1 cm³/mol. The fraction of sp³-hybridized carbons (Fsp3) is 0.467. The molecule has 0 spiro atoms. The third kappa shape index (κ3) is 4.84. The van der Waals surface area contributed by atoms with Crippen molar-refractivity contribution in [3.8, 4) is 0 Å². The largest absolute Gasteiger partial charge is 0.366 e. The van der Waals surface area contributed by atoms with Crippen LogP contribution in [0, 0.1) is 0 Å². The van der Waals surface area contributed by atoms with Crippen LogP contribution in [0.3, 0.4) is 0 Å². The van der Waals surface area contributed by atoms with E-state index in [4.69, 9.17) is 4.74 Å². The molecule has 0 aromatic heterocycles. The van der Waals surface area contributed by atoms with Gasteiger partial charge in [-0.15, -0.1) is 0 Å². The molecule has 114 valence electrons. The summed E-state index contributed by atoms with van der Waals surface area (Å²) in [7, 11) is 0. The first-order valence-electron chi connectivity index (χ1n) is 7.18. The summed E-state index contributed by atoms with van der Waals surface area (Å²) in [5.74, 6) is -0.514. The number of carbonyl (C=O) groups excluding carboxylic acids is 2. The Morgan fingerprint density at radius 2 is 2.29 bits per heavy atom. The van der Waals surface area contributed by atoms with Crippen molar-refractivity contribution in [1.29, 1.82) is 0 Å². The lowest BCUT2D eigenvalue weighted by Gasteiger charge is -2.22. The zero-order valence-corrected chi connectivity index (χ0v) is 12.1. The molecule has 0 aliphatic carbocycles. The van der Waals surface area contributed by atoms with Crippen LogP contribution in [0.2, 0.25) is 0 Å². The van der Waals surface area contributed by atoms with Crippen molar-refractivity contribution in [2.75, 3.05) is 31.6 Å². The highest BCUT2D eigenvalue weighted by Gasteiger charge is 2.21. The van der Waals surface area contributed by atoms with Crippen molar-refractivity contribution in [1.82, 2.24) is 10.6 Å². The maximum absolute atomic E-state index is 11.8. The van der Waals surface area contributed by atoms with Gasteiger partial charge in [-0.05, 0) is 24.1 Å². The molecule has 1 saturated heterocycles. The molecule has 1 aliphatic rings. The van der Waals surface area contributed by atoms with E-state index in [1.54, 1.807) is 0 Å². The fourth-order valence-electron chi connectivity index (χ4n) is 2.09. The van der Waals surface area contributed by atoms with Crippen molar-refractivity contribution in [3.63, 3.8) is 0 Å². The molecule has 1 heterocycles. The van der Waals surface area contributed by atoms with Gasteiger partial charge in [-0.25, -0.2) is 0 Å². The quantitative estimate of drug-likeness (QED) is 0.728. The summed E-state index contributed by atoms with van der Waals surface area (Å²) in [6.07, 6.45) is 0.391. The lowest BCUT2D eigenvalue weighted by Crippen LogP contribution is -2.49. The number of rotatable bonds is 5. The molecule has 1 aliphatic heterocycles. The van der Waals surface area contributed by atoms with Crippen molar-refractivity contribution in [2.24, 2.45) is 0 Å². The van der Waals surface area contributed by atoms with E-state index in [-0.39, 0.29) is 18.4 Å². The average molecular weight is 291 g/mol. The van der Waals surface area contributed by atoms with Gasteiger partial charge in [0.1, 0.15) is 6.10 Å². The van der Waals surface area contributed by atoms with Crippen LogP contribution in [0.1, 0.15) is 12.5 Å². The molecule has 1 atom stereocenters. The molecule has 1 fully saturated rings. The van der Waals surface area contributed by atoms with Crippen LogP contribution in [0.4, 0.5) is 5.69 Å². The Kier molecular flexibility index (Phi) is 5.71. The molecule has 0 radical (unpaired) electrons. The van der Waals surface area contributed by atoms with Gasteiger partial charge in [-0.3, -0.25) is 9.59 Å². The van der Waals surface area contributed by atoms with E-state index in [1.165, 1.54) is 0 Å². The minimum Gasteiger partial charge on any atom is -0.366 e. The number of hydrogen-bond acceptors (Lipinski definition) is 4. The van der Waals surface area contributed by atoms with Gasteiger partial charge < -0.3 is 20.7 Å². The van der Waals surface area contributed by atoms with Gasteiger partial charge >= 0.3 is 0 Å². The minimum absolute atomic E-state index is 0.0605. The number of benzene rings is 1. The van der Waals surface area contributed by atoms with Gasteiger partial charge in [0.05, 0.1) is 13.2 Å². The molecular formula is C15H21N3O3. The Hall–Kier alpha value is -1.92. The van der Waals surface area contributed by atoms with E-state index in [0.717, 1.165) is 24.2 Å². The first-order valence-corrected chi connectivity index (χ1v) is 7.18. The number of anilines is 1. The van der Waals surface area contributed by atoms with E-state index in [2.05, 4.69) is 22.9 Å². The molecule has 3 N–H and O–H groups in total. The summed E-state index contributed by atoms with van der Waals surface area (Å²) in [5.41, 5.74) is 1.89. The zero-order valence-electron chi connectivity index (χ0n) is 12.1. The number of ether oxygens (including phenoxy) is 1. The smallest absolute Gasteiger partial charge is 0.250 e. The summed E-state index contributed by atoms with van der Waals surface area (Å²) in [4.78, 5) is 23.6. The molecule has 2 rings (SSSR count). The second-order valence-electron chi connectivity index (χ2n) is 4.88. The van der Waals surface area contributed by atoms with Crippen molar-refractivity contribution in [2.45, 2.75) is 19.4 Å². The monoisotopic (exact) mass is 291 g/mol. The highest BCUT2D eigenvalue weighted by Crippen LogP contribution is 2.10. The van der Waals surface area contributed by atoms with E-state index in [0.29, 0.717) is 13.2 Å². The maximum atomic E-state index is 11.8. The second kappa shape index (κ2) is 7.75. The van der Waals surface area contributed by atoms with Crippen LogP contribution in [0.15, 0.2) is 24.3 Å². The van der Waals surface area contributed by atoms with E-state index in [1.807, 2.05) is 24.3 Å². The molecule has 2 amide bonds. The molecular weight excluding hydrogens is 270 g/mol. The Morgan fingerprint density at radius 1 is 1.43 bits per heavy atom. The van der Waals surface area contributed by atoms with Crippen LogP contribution in [-0.4, -0.2) is 44.2 Å². The maximum Gasteiger partial charge on any atom is 0.250 e. The molecule has 6 nitrogen and oxygen atoms in total. The van der Waals surface area contributed by atoms with Crippen LogP contribution in [0.25, 0.3) is 0 Å². The lowest BCUT2D eigenvalue weighted by molar-refractivity contribution is -0.135. The van der Waals surface area contributed by atoms with Gasteiger partial charge in [0.25, 0.3) is 5.91 Å². The molecule has 0 saturated carbocycles. The molecule has 0 bridgehead atoms. The molecule has 1 aromatic carbocycles. The normalized spacial score (nSPS) is 18.0. The van der Waals surface area contributed by atoms with Crippen LogP contribution >= 0.6 is 0 Å². The average Bonchev–Trinajstić information content (AvgIpc) is 2.53. The van der Waals surface area contributed by atoms with Gasteiger partial charge in [-0.2, -0.15) is 0 Å². The van der Waals surface area contributed by atoms with Gasteiger partial charge in [0.15, 0.2) is 0 Å². The molecule has 1 unspecified atom stereocenters. The van der Waals surface area contributed by atoms with Crippen LogP contribution < -0.4 is 16.0 Å². The highest BCUT2D eigenvalue weighted by atomic mass is 16.5. The second-order valence-corrected chi connectivity index (χ2v) is 4.88. The Labute approximate surface area is 124 Å². The summed E-state index contributed by atoms with van der Waals surface area (Å²) in [6, 6.07) is 7.65. The summed E-state index contributed by atoms with van der Waals surface area (Å²) in [5, 5.41) is 8.42. The summed E-state index contributed by atoms with van der Waals surface area (Å²) in [6.45, 7) is 3.73. The first-order chi connectivity index (χ1) is 10.2. The fourth-order valence-corrected chi connectivity index (χ4v) is 2.09. The minimum atomic E-state index is -0.519. The van der Waals surface area contributed by atoms with Crippen molar-refractivity contribution >= 4 is 17.5 Å². The predicted octanol–water partition coefficient (Wildman–Crippen LogP) is 0.292. The molecule has 6 heteroatoms. The van der Waals surface area contributed by atoms with Gasteiger partial charge in [-0.1, -0.05) is 19.1 Å². The number of amides is 2. The number of nitrogens with one attached hydrogen (secondary N) is 3. The van der Waals surface area contributed by atoms with Crippen LogP contribution in [0.5, 0.6) is 0 Å². The SMILES string of the molecule is CCc1cccc(NC(=O)CNC(=O)C2CNCCO2)c1.